The van der Waals surface area contributed by atoms with Crippen molar-refractivity contribution in [2.75, 3.05) is 13.7 Å². The average molecular weight is 365 g/mol. The van der Waals surface area contributed by atoms with E-state index in [1.807, 2.05) is 48.5 Å². The Bertz CT molecular complexity index is 633. The number of nitrogens with two attached hydrogens (primary N) is 1. The van der Waals surface area contributed by atoms with E-state index in [0.717, 1.165) is 21.5 Å². The van der Waals surface area contributed by atoms with Gasteiger partial charge in [0.2, 0.25) is 0 Å². The molecule has 0 atom stereocenters. The number of nitrogens with zero attached hydrogens (tertiary/aromatic N) is 1. The summed E-state index contributed by atoms with van der Waals surface area (Å²) in [4.78, 5) is 5.25. The highest BCUT2D eigenvalue weighted by Gasteiger charge is 2.04. The van der Waals surface area contributed by atoms with Gasteiger partial charge >= 0.3 is 0 Å². The minimum absolute atomic E-state index is 0.166. The maximum atomic E-state index is 5.75. The van der Waals surface area contributed by atoms with Gasteiger partial charge in [0, 0.05) is 10.0 Å². The molecule has 0 heterocycles. The SMILES string of the molecule is COc1ccc(Br)cc1CO/N=C(/N)COc1ccccc1. The highest BCUT2D eigenvalue weighted by Crippen LogP contribution is 2.23. The molecule has 0 aromatic heterocycles. The van der Waals surface area contributed by atoms with E-state index in [1.54, 1.807) is 7.11 Å². The quantitative estimate of drug-likeness (QED) is 0.464. The van der Waals surface area contributed by atoms with E-state index in [9.17, 15) is 0 Å². The minimum Gasteiger partial charge on any atom is -0.496 e. The third-order valence-electron chi connectivity index (χ3n) is 2.77. The van der Waals surface area contributed by atoms with Crippen molar-refractivity contribution in [1.82, 2.24) is 0 Å². The van der Waals surface area contributed by atoms with Crippen molar-refractivity contribution in [3.05, 3.63) is 58.6 Å². The third kappa shape index (κ3) is 4.96. The maximum absolute atomic E-state index is 5.75. The summed E-state index contributed by atoms with van der Waals surface area (Å²) in [6.07, 6.45) is 0. The summed E-state index contributed by atoms with van der Waals surface area (Å²) in [6, 6.07) is 15.0. The molecule has 0 saturated heterocycles. The smallest absolute Gasteiger partial charge is 0.177 e. The molecule has 0 aliphatic rings. The Labute approximate surface area is 137 Å². The van der Waals surface area contributed by atoms with Gasteiger partial charge in [0.25, 0.3) is 0 Å². The van der Waals surface area contributed by atoms with E-state index in [1.165, 1.54) is 0 Å². The summed E-state index contributed by atoms with van der Waals surface area (Å²) < 4.78 is 11.7. The standard InChI is InChI=1S/C16H17BrN2O3/c1-20-15-8-7-13(17)9-12(15)10-22-19-16(18)11-21-14-5-3-2-4-6-14/h2-9H,10-11H2,1H3,(H2,18,19). The molecule has 0 radical (unpaired) electrons. The fourth-order valence-electron chi connectivity index (χ4n) is 1.75. The number of oxime groups is 1. The van der Waals surface area contributed by atoms with Crippen LogP contribution in [0.3, 0.4) is 0 Å². The largest absolute Gasteiger partial charge is 0.496 e. The van der Waals surface area contributed by atoms with Gasteiger partial charge in [0.15, 0.2) is 5.84 Å². The molecule has 0 spiro atoms. The van der Waals surface area contributed by atoms with Crippen LogP contribution in [0, 0.1) is 0 Å². The fourth-order valence-corrected chi connectivity index (χ4v) is 2.15. The molecule has 0 bridgehead atoms. The fraction of sp³-hybridized carbons (Fsp3) is 0.188. The molecule has 2 rings (SSSR count). The maximum Gasteiger partial charge on any atom is 0.177 e. The van der Waals surface area contributed by atoms with Crippen LogP contribution in [0.5, 0.6) is 11.5 Å². The van der Waals surface area contributed by atoms with Crippen LogP contribution in [0.4, 0.5) is 0 Å². The summed E-state index contributed by atoms with van der Waals surface area (Å²) in [5.41, 5.74) is 6.62. The van der Waals surface area contributed by atoms with Crippen LogP contribution in [0.25, 0.3) is 0 Å². The lowest BCUT2D eigenvalue weighted by Crippen LogP contribution is -2.21. The van der Waals surface area contributed by atoms with Crippen molar-refractivity contribution in [3.8, 4) is 11.5 Å². The van der Waals surface area contributed by atoms with Crippen LogP contribution in [0.2, 0.25) is 0 Å². The second-order valence-corrected chi connectivity index (χ2v) is 5.33. The first-order valence-electron chi connectivity index (χ1n) is 6.63. The van der Waals surface area contributed by atoms with Crippen molar-refractivity contribution in [1.29, 1.82) is 0 Å². The van der Waals surface area contributed by atoms with E-state index in [-0.39, 0.29) is 19.0 Å². The molecule has 0 saturated carbocycles. The van der Waals surface area contributed by atoms with E-state index < -0.39 is 0 Å². The van der Waals surface area contributed by atoms with Crippen LogP contribution in [0.1, 0.15) is 5.56 Å². The minimum atomic E-state index is 0.166. The van der Waals surface area contributed by atoms with E-state index in [2.05, 4.69) is 21.1 Å². The molecule has 0 amide bonds. The zero-order valence-electron chi connectivity index (χ0n) is 12.2. The first-order chi connectivity index (χ1) is 10.7. The Morgan fingerprint density at radius 2 is 1.95 bits per heavy atom. The van der Waals surface area contributed by atoms with Gasteiger partial charge in [-0.3, -0.25) is 0 Å². The lowest BCUT2D eigenvalue weighted by Gasteiger charge is -2.08. The van der Waals surface area contributed by atoms with E-state index in [0.29, 0.717) is 0 Å². The summed E-state index contributed by atoms with van der Waals surface area (Å²) >= 11 is 3.41. The van der Waals surface area contributed by atoms with Gasteiger partial charge in [-0.1, -0.05) is 39.3 Å². The van der Waals surface area contributed by atoms with Crippen LogP contribution < -0.4 is 15.2 Å². The number of benzene rings is 2. The number of hydrogen-bond donors (Lipinski definition) is 1. The van der Waals surface area contributed by atoms with E-state index in [4.69, 9.17) is 20.0 Å². The number of halogens is 1. The molecule has 2 aromatic carbocycles. The first-order valence-corrected chi connectivity index (χ1v) is 7.43. The van der Waals surface area contributed by atoms with Gasteiger partial charge in [0.05, 0.1) is 7.11 Å². The van der Waals surface area contributed by atoms with Crippen molar-refractivity contribution in [2.24, 2.45) is 10.9 Å². The van der Waals surface area contributed by atoms with Gasteiger partial charge in [-0.25, -0.2) is 0 Å². The Balaban J connectivity index is 1.85. The van der Waals surface area contributed by atoms with E-state index >= 15 is 0 Å². The normalized spacial score (nSPS) is 11.1. The van der Waals surface area contributed by atoms with Crippen LogP contribution in [-0.2, 0) is 11.4 Å². The van der Waals surface area contributed by atoms with Crippen molar-refractivity contribution < 1.29 is 14.3 Å². The van der Waals surface area contributed by atoms with Crippen LogP contribution in [-0.4, -0.2) is 19.6 Å². The Kier molecular flexibility index (Phi) is 6.09. The summed E-state index contributed by atoms with van der Waals surface area (Å²) in [5, 5.41) is 3.84. The van der Waals surface area contributed by atoms with Gasteiger partial charge in [-0.05, 0) is 30.3 Å². The molecule has 5 nitrogen and oxygen atoms in total. The molecule has 116 valence electrons. The molecule has 6 heteroatoms. The van der Waals surface area contributed by atoms with Crippen LogP contribution in [0.15, 0.2) is 58.2 Å². The topological polar surface area (TPSA) is 66.1 Å². The summed E-state index contributed by atoms with van der Waals surface area (Å²) in [6.45, 7) is 0.425. The average Bonchev–Trinajstić information content (AvgIpc) is 2.54. The number of amidine groups is 1. The zero-order valence-corrected chi connectivity index (χ0v) is 13.7. The number of rotatable bonds is 7. The van der Waals surface area contributed by atoms with Crippen molar-refractivity contribution in [3.63, 3.8) is 0 Å². The number of hydrogen-bond acceptors (Lipinski definition) is 4. The highest BCUT2D eigenvalue weighted by molar-refractivity contribution is 9.10. The number of ether oxygens (including phenoxy) is 2. The monoisotopic (exact) mass is 364 g/mol. The summed E-state index contributed by atoms with van der Waals surface area (Å²) in [7, 11) is 1.61. The lowest BCUT2D eigenvalue weighted by molar-refractivity contribution is 0.126. The molecule has 0 unspecified atom stereocenters. The Morgan fingerprint density at radius 1 is 1.18 bits per heavy atom. The van der Waals surface area contributed by atoms with Gasteiger partial charge in [-0.2, -0.15) is 0 Å². The molecule has 0 fully saturated rings. The molecule has 2 N–H and O–H groups in total. The number of methoxy groups -OCH3 is 1. The van der Waals surface area contributed by atoms with Gasteiger partial charge < -0.3 is 20.0 Å². The second kappa shape index (κ2) is 8.29. The zero-order chi connectivity index (χ0) is 15.8. The summed E-state index contributed by atoms with van der Waals surface area (Å²) in [5.74, 6) is 1.73. The van der Waals surface area contributed by atoms with Crippen molar-refractivity contribution in [2.45, 2.75) is 6.61 Å². The Morgan fingerprint density at radius 3 is 2.68 bits per heavy atom. The van der Waals surface area contributed by atoms with Crippen LogP contribution >= 0.6 is 15.9 Å². The molecule has 2 aromatic rings. The van der Waals surface area contributed by atoms with Gasteiger partial charge in [0.1, 0.15) is 24.7 Å². The molecule has 22 heavy (non-hydrogen) atoms. The predicted octanol–water partition coefficient (Wildman–Crippen LogP) is 3.33. The molecule has 0 aliphatic carbocycles. The molecule has 0 aliphatic heterocycles. The molecular formula is C16H17BrN2O3. The highest BCUT2D eigenvalue weighted by atomic mass is 79.9. The lowest BCUT2D eigenvalue weighted by atomic mass is 10.2. The Hall–Kier alpha value is -2.21. The van der Waals surface area contributed by atoms with Crippen molar-refractivity contribution >= 4 is 21.8 Å². The number of para-hydroxylation sites is 1. The van der Waals surface area contributed by atoms with Gasteiger partial charge in [-0.15, -0.1) is 0 Å². The third-order valence-corrected chi connectivity index (χ3v) is 3.27. The first kappa shape index (κ1) is 16.2. The second-order valence-electron chi connectivity index (χ2n) is 4.41. The predicted molar refractivity (Wildman–Crippen MR) is 89.0 cm³/mol. The molecular weight excluding hydrogens is 348 g/mol.